The van der Waals surface area contributed by atoms with Crippen LogP contribution in [0.4, 0.5) is 0 Å². The Balaban J connectivity index is 1.57. The summed E-state index contributed by atoms with van der Waals surface area (Å²) in [5.41, 5.74) is 2.34. The fourth-order valence-electron chi connectivity index (χ4n) is 4.02. The average molecular weight is 356 g/mol. The molecule has 0 aliphatic carbocycles. The monoisotopic (exact) mass is 356 g/mol. The highest BCUT2D eigenvalue weighted by Crippen LogP contribution is 2.25. The lowest BCUT2D eigenvalue weighted by Gasteiger charge is -2.16. The van der Waals surface area contributed by atoms with Gasteiger partial charge in [-0.25, -0.2) is 0 Å². The summed E-state index contributed by atoms with van der Waals surface area (Å²) in [6.07, 6.45) is 6.22. The number of aromatic nitrogens is 1. The van der Waals surface area contributed by atoms with Gasteiger partial charge >= 0.3 is 0 Å². The van der Waals surface area contributed by atoms with Crippen LogP contribution in [0.1, 0.15) is 48.2 Å². The van der Waals surface area contributed by atoms with E-state index >= 15 is 0 Å². The lowest BCUT2D eigenvalue weighted by atomic mass is 10.1. The van der Waals surface area contributed by atoms with Crippen LogP contribution in [-0.4, -0.2) is 42.4 Å². The molecule has 1 aliphatic rings. The normalized spacial score (nSPS) is 15.8. The van der Waals surface area contributed by atoms with E-state index in [-0.39, 0.29) is 0 Å². The highest BCUT2D eigenvalue weighted by molar-refractivity contribution is 6.45. The van der Waals surface area contributed by atoms with E-state index in [1.54, 1.807) is 4.90 Å². The first-order valence-corrected chi connectivity index (χ1v) is 9.79. The molecule has 26 heavy (non-hydrogen) atoms. The molecule has 2 N–H and O–H groups in total. The van der Waals surface area contributed by atoms with E-state index in [2.05, 4.69) is 5.32 Å². The third kappa shape index (κ3) is 3.98. The molecule has 0 radical (unpaired) electrons. The number of nitrogens with one attached hydrogen (secondary N) is 2. The van der Waals surface area contributed by atoms with Gasteiger partial charge in [0.05, 0.1) is 25.2 Å². The number of quaternary nitrogens is 1. The fourth-order valence-corrected chi connectivity index (χ4v) is 4.02. The summed E-state index contributed by atoms with van der Waals surface area (Å²) < 4.78 is 1.97. The van der Waals surface area contributed by atoms with Crippen LogP contribution in [0.25, 0.3) is 10.9 Å². The summed E-state index contributed by atoms with van der Waals surface area (Å²) in [5.74, 6) is -0.920. The minimum Gasteiger partial charge on any atom is -0.349 e. The standard InChI is InChI=1S/C21H29N3O2/c1-16-19(17-10-5-6-11-18(17)23(16)2)20(25)21(26)22-12-9-15-24-13-7-3-4-8-14-24/h5-6,10-11H,3-4,7-9,12-15H2,1-2H3,(H,22,26)/p+1. The molecule has 1 saturated heterocycles. The smallest absolute Gasteiger partial charge is 0.292 e. The zero-order valence-corrected chi connectivity index (χ0v) is 15.9. The van der Waals surface area contributed by atoms with Crippen molar-refractivity contribution in [2.24, 2.45) is 7.05 Å². The van der Waals surface area contributed by atoms with Gasteiger partial charge in [-0.05, 0) is 38.7 Å². The van der Waals surface area contributed by atoms with Crippen LogP contribution in [0.15, 0.2) is 24.3 Å². The number of hydrogen-bond donors (Lipinski definition) is 2. The molecule has 2 aromatic rings. The average Bonchev–Trinajstić information content (AvgIpc) is 2.83. The van der Waals surface area contributed by atoms with Crippen molar-refractivity contribution in [2.75, 3.05) is 26.2 Å². The number of aryl methyl sites for hydroxylation is 1. The van der Waals surface area contributed by atoms with Gasteiger partial charge in [-0.2, -0.15) is 0 Å². The minimum absolute atomic E-state index is 0.429. The zero-order valence-electron chi connectivity index (χ0n) is 15.9. The summed E-state index contributed by atoms with van der Waals surface area (Å²) in [4.78, 5) is 26.7. The second-order valence-electron chi connectivity index (χ2n) is 7.39. The second kappa shape index (κ2) is 8.49. The molecular formula is C21H30N3O2+. The Labute approximate surface area is 155 Å². The number of amides is 1. The second-order valence-corrected chi connectivity index (χ2v) is 7.39. The summed E-state index contributed by atoms with van der Waals surface area (Å²) in [5, 5.41) is 3.67. The first-order valence-electron chi connectivity index (χ1n) is 9.79. The number of Topliss-reactive ketones (excluding diaryl/α,β-unsaturated/α-hetero) is 1. The molecular weight excluding hydrogens is 326 g/mol. The summed E-state index contributed by atoms with van der Waals surface area (Å²) in [7, 11) is 1.93. The molecule has 3 rings (SSSR count). The predicted octanol–water partition coefficient (Wildman–Crippen LogP) is 1.63. The molecule has 2 heterocycles. The maximum atomic E-state index is 12.7. The molecule has 0 spiro atoms. The van der Waals surface area contributed by atoms with E-state index in [9.17, 15) is 9.59 Å². The first kappa shape index (κ1) is 18.6. The number of rotatable bonds is 6. The Morgan fingerprint density at radius 3 is 2.54 bits per heavy atom. The van der Waals surface area contributed by atoms with E-state index in [0.717, 1.165) is 29.6 Å². The van der Waals surface area contributed by atoms with Gasteiger partial charge in [0, 0.05) is 36.6 Å². The van der Waals surface area contributed by atoms with Crippen LogP contribution in [0.3, 0.4) is 0 Å². The van der Waals surface area contributed by atoms with Gasteiger partial charge in [0.1, 0.15) is 0 Å². The van der Waals surface area contributed by atoms with Crippen molar-refractivity contribution in [3.05, 3.63) is 35.5 Å². The van der Waals surface area contributed by atoms with E-state index in [4.69, 9.17) is 0 Å². The molecule has 5 nitrogen and oxygen atoms in total. The van der Waals surface area contributed by atoms with Gasteiger partial charge in [0.25, 0.3) is 11.7 Å². The highest BCUT2D eigenvalue weighted by atomic mass is 16.2. The van der Waals surface area contributed by atoms with Gasteiger partial charge < -0.3 is 14.8 Å². The molecule has 1 fully saturated rings. The summed E-state index contributed by atoms with van der Waals surface area (Å²) in [6.45, 7) is 6.01. The zero-order chi connectivity index (χ0) is 18.5. The third-order valence-electron chi connectivity index (χ3n) is 5.64. The van der Waals surface area contributed by atoms with Crippen molar-refractivity contribution in [2.45, 2.75) is 39.0 Å². The molecule has 1 aliphatic heterocycles. The number of carbonyl (C=O) groups excluding carboxylic acids is 2. The Bertz CT molecular complexity index is 786. The van der Waals surface area contributed by atoms with Crippen molar-refractivity contribution in [1.29, 1.82) is 0 Å². The Hall–Kier alpha value is -2.14. The lowest BCUT2D eigenvalue weighted by Crippen LogP contribution is -3.11. The number of hydrogen-bond acceptors (Lipinski definition) is 2. The number of benzene rings is 1. The van der Waals surface area contributed by atoms with Gasteiger partial charge in [-0.1, -0.05) is 18.2 Å². The lowest BCUT2D eigenvalue weighted by molar-refractivity contribution is -0.899. The van der Waals surface area contributed by atoms with Crippen LogP contribution in [0.2, 0.25) is 0 Å². The van der Waals surface area contributed by atoms with Crippen molar-refractivity contribution >= 4 is 22.6 Å². The van der Waals surface area contributed by atoms with Crippen molar-refractivity contribution in [3.8, 4) is 0 Å². The van der Waals surface area contributed by atoms with E-state index in [1.165, 1.54) is 38.8 Å². The number of carbonyl (C=O) groups is 2. The largest absolute Gasteiger partial charge is 0.349 e. The Morgan fingerprint density at radius 1 is 1.12 bits per heavy atom. The van der Waals surface area contributed by atoms with E-state index in [0.29, 0.717) is 12.1 Å². The fraction of sp³-hybridized carbons (Fsp3) is 0.524. The number of ketones is 1. The van der Waals surface area contributed by atoms with E-state index < -0.39 is 11.7 Å². The van der Waals surface area contributed by atoms with Crippen molar-refractivity contribution in [3.63, 3.8) is 0 Å². The summed E-state index contributed by atoms with van der Waals surface area (Å²) >= 11 is 0. The Morgan fingerprint density at radius 2 is 1.81 bits per heavy atom. The van der Waals surface area contributed by atoms with Crippen LogP contribution in [0.5, 0.6) is 0 Å². The number of para-hydroxylation sites is 1. The van der Waals surface area contributed by atoms with Gasteiger partial charge in [-0.3, -0.25) is 9.59 Å². The predicted molar refractivity (Wildman–Crippen MR) is 104 cm³/mol. The SMILES string of the molecule is Cc1c(C(=O)C(=O)NCCC[NH+]2CCCCCC2)c2ccccc2n1C. The molecule has 1 aromatic carbocycles. The number of fused-ring (bicyclic) bond motifs is 1. The van der Waals surface area contributed by atoms with Crippen LogP contribution >= 0.6 is 0 Å². The van der Waals surface area contributed by atoms with Gasteiger partial charge in [0.15, 0.2) is 0 Å². The van der Waals surface area contributed by atoms with Gasteiger partial charge in [0.2, 0.25) is 0 Å². The topological polar surface area (TPSA) is 55.5 Å². The van der Waals surface area contributed by atoms with Crippen LogP contribution < -0.4 is 10.2 Å². The number of likely N-dealkylation sites (tertiary alicyclic amines) is 1. The molecule has 0 bridgehead atoms. The van der Waals surface area contributed by atoms with Crippen molar-refractivity contribution < 1.29 is 14.5 Å². The third-order valence-corrected chi connectivity index (χ3v) is 5.64. The maximum absolute atomic E-state index is 12.7. The van der Waals surface area contributed by atoms with Gasteiger partial charge in [-0.15, -0.1) is 0 Å². The molecule has 5 heteroatoms. The Kier molecular flexibility index (Phi) is 6.09. The van der Waals surface area contributed by atoms with Crippen LogP contribution in [0, 0.1) is 6.92 Å². The molecule has 0 atom stereocenters. The minimum atomic E-state index is -0.490. The molecule has 1 aromatic heterocycles. The first-order chi connectivity index (χ1) is 12.6. The quantitative estimate of drug-likeness (QED) is 0.470. The van der Waals surface area contributed by atoms with E-state index in [1.807, 2.05) is 42.8 Å². The maximum Gasteiger partial charge on any atom is 0.292 e. The highest BCUT2D eigenvalue weighted by Gasteiger charge is 2.23. The molecule has 0 saturated carbocycles. The van der Waals surface area contributed by atoms with Crippen molar-refractivity contribution in [1.82, 2.24) is 9.88 Å². The molecule has 0 unspecified atom stereocenters. The molecule has 1 amide bonds. The molecule has 140 valence electrons. The number of nitrogens with zero attached hydrogens (tertiary/aromatic N) is 1. The summed E-state index contributed by atoms with van der Waals surface area (Å²) in [6, 6.07) is 7.73. The van der Waals surface area contributed by atoms with Crippen LogP contribution in [-0.2, 0) is 11.8 Å².